The average Bonchev–Trinajstić information content (AvgIpc) is 2.89. The zero-order chi connectivity index (χ0) is 14.8. The predicted octanol–water partition coefficient (Wildman–Crippen LogP) is 3.12. The maximum absolute atomic E-state index is 11.5. The molecule has 3 aromatic rings. The van der Waals surface area contributed by atoms with Crippen molar-refractivity contribution in [1.29, 1.82) is 0 Å². The molecule has 0 atom stereocenters. The summed E-state index contributed by atoms with van der Waals surface area (Å²) in [4.78, 5) is 11.5. The molecule has 3 rings (SSSR count). The molecule has 0 saturated heterocycles. The van der Waals surface area contributed by atoms with E-state index in [0.29, 0.717) is 5.56 Å². The zero-order valence-corrected chi connectivity index (χ0v) is 11.7. The number of hydrogen-bond donors (Lipinski definition) is 2. The van der Waals surface area contributed by atoms with E-state index in [0.717, 1.165) is 17.4 Å². The standard InChI is InChI=1S/C17H16N2O2/c1-12-3-2-4-13(9-12)11-19-8-7-14-5-6-15(10-16(14)19)17(20)18-21/h2-10,21H,11H2,1H3,(H,18,20). The molecular formula is C17H16N2O2. The normalized spacial score (nSPS) is 10.8. The van der Waals surface area contributed by atoms with Crippen molar-refractivity contribution in [1.82, 2.24) is 10.0 Å². The van der Waals surface area contributed by atoms with Gasteiger partial charge in [0.1, 0.15) is 0 Å². The Morgan fingerprint density at radius 3 is 2.81 bits per heavy atom. The van der Waals surface area contributed by atoms with Gasteiger partial charge in [0.2, 0.25) is 0 Å². The third kappa shape index (κ3) is 2.66. The molecule has 0 aliphatic carbocycles. The number of hydroxylamine groups is 1. The van der Waals surface area contributed by atoms with Crippen LogP contribution in [0.2, 0.25) is 0 Å². The van der Waals surface area contributed by atoms with Gasteiger partial charge in [-0.15, -0.1) is 0 Å². The lowest BCUT2D eigenvalue weighted by Crippen LogP contribution is -2.18. The van der Waals surface area contributed by atoms with Crippen molar-refractivity contribution in [2.45, 2.75) is 13.5 Å². The van der Waals surface area contributed by atoms with E-state index in [1.807, 2.05) is 24.4 Å². The van der Waals surface area contributed by atoms with E-state index in [1.54, 1.807) is 17.6 Å². The molecule has 0 unspecified atom stereocenters. The van der Waals surface area contributed by atoms with Crippen LogP contribution in [0.3, 0.4) is 0 Å². The van der Waals surface area contributed by atoms with Crippen molar-refractivity contribution in [3.63, 3.8) is 0 Å². The van der Waals surface area contributed by atoms with Crippen LogP contribution in [-0.2, 0) is 6.54 Å². The zero-order valence-electron chi connectivity index (χ0n) is 11.7. The molecule has 4 heteroatoms. The number of nitrogens with one attached hydrogen (secondary N) is 1. The summed E-state index contributed by atoms with van der Waals surface area (Å²) in [5.41, 5.74) is 5.51. The fraction of sp³-hybridized carbons (Fsp3) is 0.118. The van der Waals surface area contributed by atoms with Gasteiger partial charge >= 0.3 is 0 Å². The number of aromatic nitrogens is 1. The van der Waals surface area contributed by atoms with E-state index in [4.69, 9.17) is 5.21 Å². The minimum atomic E-state index is -0.500. The summed E-state index contributed by atoms with van der Waals surface area (Å²) in [5.74, 6) is -0.500. The molecule has 4 nitrogen and oxygen atoms in total. The average molecular weight is 280 g/mol. The van der Waals surface area contributed by atoms with Gasteiger partial charge in [0.15, 0.2) is 0 Å². The SMILES string of the molecule is Cc1cccc(Cn2ccc3ccc(C(=O)NO)cc32)c1. The van der Waals surface area contributed by atoms with Gasteiger partial charge in [-0.1, -0.05) is 35.9 Å². The van der Waals surface area contributed by atoms with Gasteiger partial charge in [0, 0.05) is 23.8 Å². The van der Waals surface area contributed by atoms with E-state index in [1.165, 1.54) is 11.1 Å². The third-order valence-electron chi connectivity index (χ3n) is 3.57. The lowest BCUT2D eigenvalue weighted by atomic mass is 10.1. The largest absolute Gasteiger partial charge is 0.343 e. The Morgan fingerprint density at radius 1 is 1.19 bits per heavy atom. The summed E-state index contributed by atoms with van der Waals surface area (Å²) in [7, 11) is 0. The van der Waals surface area contributed by atoms with Crippen LogP contribution in [0.15, 0.2) is 54.7 Å². The number of carbonyl (C=O) groups excluding carboxylic acids is 1. The number of rotatable bonds is 3. The van der Waals surface area contributed by atoms with Crippen LogP contribution in [0, 0.1) is 6.92 Å². The van der Waals surface area contributed by atoms with Gasteiger partial charge in [-0.05, 0) is 36.1 Å². The van der Waals surface area contributed by atoms with Crippen LogP contribution in [0.25, 0.3) is 10.9 Å². The minimum Gasteiger partial charge on any atom is -0.343 e. The molecule has 1 heterocycles. The van der Waals surface area contributed by atoms with Crippen LogP contribution in [0.4, 0.5) is 0 Å². The summed E-state index contributed by atoms with van der Waals surface area (Å²) in [5, 5.41) is 9.81. The van der Waals surface area contributed by atoms with Gasteiger partial charge in [-0.2, -0.15) is 0 Å². The highest BCUT2D eigenvalue weighted by molar-refractivity contribution is 5.97. The first-order valence-electron chi connectivity index (χ1n) is 6.76. The summed E-state index contributed by atoms with van der Waals surface area (Å²) in [6.07, 6.45) is 2.01. The predicted molar refractivity (Wildman–Crippen MR) is 81.5 cm³/mol. The highest BCUT2D eigenvalue weighted by atomic mass is 16.5. The molecule has 0 saturated carbocycles. The number of carbonyl (C=O) groups is 1. The van der Waals surface area contributed by atoms with Crippen molar-refractivity contribution in [3.8, 4) is 0 Å². The van der Waals surface area contributed by atoms with Crippen LogP contribution >= 0.6 is 0 Å². The first-order chi connectivity index (χ1) is 10.2. The molecule has 0 aliphatic heterocycles. The monoisotopic (exact) mass is 280 g/mol. The van der Waals surface area contributed by atoms with Crippen molar-refractivity contribution in [3.05, 3.63) is 71.4 Å². The Balaban J connectivity index is 2.00. The van der Waals surface area contributed by atoms with Gasteiger partial charge < -0.3 is 4.57 Å². The van der Waals surface area contributed by atoms with E-state index in [2.05, 4.69) is 29.7 Å². The topological polar surface area (TPSA) is 54.3 Å². The molecule has 106 valence electrons. The Morgan fingerprint density at radius 2 is 2.05 bits per heavy atom. The van der Waals surface area contributed by atoms with Crippen molar-refractivity contribution < 1.29 is 10.0 Å². The lowest BCUT2D eigenvalue weighted by Gasteiger charge is -2.07. The number of benzene rings is 2. The smallest absolute Gasteiger partial charge is 0.274 e. The Bertz CT molecular complexity index is 805. The molecule has 21 heavy (non-hydrogen) atoms. The Kier molecular flexibility index (Phi) is 3.46. The van der Waals surface area contributed by atoms with Crippen molar-refractivity contribution in [2.24, 2.45) is 0 Å². The maximum atomic E-state index is 11.5. The molecule has 1 amide bonds. The van der Waals surface area contributed by atoms with Gasteiger partial charge in [0.05, 0.1) is 0 Å². The van der Waals surface area contributed by atoms with E-state index in [-0.39, 0.29) is 0 Å². The Labute approximate surface area is 122 Å². The summed E-state index contributed by atoms with van der Waals surface area (Å²) < 4.78 is 2.10. The highest BCUT2D eigenvalue weighted by Gasteiger charge is 2.08. The lowest BCUT2D eigenvalue weighted by molar-refractivity contribution is 0.0706. The van der Waals surface area contributed by atoms with Gasteiger partial charge in [-0.3, -0.25) is 10.0 Å². The summed E-state index contributed by atoms with van der Waals surface area (Å²) in [6, 6.07) is 15.7. The van der Waals surface area contributed by atoms with Crippen LogP contribution in [0.5, 0.6) is 0 Å². The molecule has 2 N–H and O–H groups in total. The molecule has 0 radical (unpaired) electrons. The Hall–Kier alpha value is -2.59. The molecule has 0 fully saturated rings. The molecule has 0 spiro atoms. The second kappa shape index (κ2) is 5.42. The molecular weight excluding hydrogens is 264 g/mol. The van der Waals surface area contributed by atoms with Crippen LogP contribution < -0.4 is 5.48 Å². The second-order valence-electron chi connectivity index (χ2n) is 5.15. The molecule has 2 aromatic carbocycles. The maximum Gasteiger partial charge on any atom is 0.274 e. The fourth-order valence-electron chi connectivity index (χ4n) is 2.53. The number of fused-ring (bicyclic) bond motifs is 1. The number of aryl methyl sites for hydroxylation is 1. The number of amides is 1. The molecule has 0 bridgehead atoms. The van der Waals surface area contributed by atoms with Crippen LogP contribution in [0.1, 0.15) is 21.5 Å². The number of nitrogens with zero attached hydrogens (tertiary/aromatic N) is 1. The molecule has 1 aromatic heterocycles. The van der Waals surface area contributed by atoms with E-state index < -0.39 is 5.91 Å². The van der Waals surface area contributed by atoms with E-state index in [9.17, 15) is 4.79 Å². The van der Waals surface area contributed by atoms with Crippen molar-refractivity contribution >= 4 is 16.8 Å². The first-order valence-corrected chi connectivity index (χ1v) is 6.76. The van der Waals surface area contributed by atoms with Crippen molar-refractivity contribution in [2.75, 3.05) is 0 Å². The van der Waals surface area contributed by atoms with E-state index >= 15 is 0 Å². The van der Waals surface area contributed by atoms with Crippen LogP contribution in [-0.4, -0.2) is 15.7 Å². The third-order valence-corrected chi connectivity index (χ3v) is 3.57. The van der Waals surface area contributed by atoms with Gasteiger partial charge in [0.25, 0.3) is 5.91 Å². The van der Waals surface area contributed by atoms with Gasteiger partial charge in [-0.25, -0.2) is 5.48 Å². The highest BCUT2D eigenvalue weighted by Crippen LogP contribution is 2.19. The number of hydrogen-bond acceptors (Lipinski definition) is 2. The minimum absolute atomic E-state index is 0.439. The summed E-state index contributed by atoms with van der Waals surface area (Å²) in [6.45, 7) is 2.82. The fourth-order valence-corrected chi connectivity index (χ4v) is 2.53. The second-order valence-corrected chi connectivity index (χ2v) is 5.15. The first kappa shape index (κ1) is 13.4. The molecule has 0 aliphatic rings. The summed E-state index contributed by atoms with van der Waals surface area (Å²) >= 11 is 0. The quantitative estimate of drug-likeness (QED) is 0.572.